The maximum atomic E-state index is 12.1. The molecule has 1 fully saturated rings. The van der Waals surface area contributed by atoms with Crippen molar-refractivity contribution in [2.24, 2.45) is 0 Å². The summed E-state index contributed by atoms with van der Waals surface area (Å²) in [4.78, 5) is 23.1. The van der Waals surface area contributed by atoms with E-state index in [1.54, 1.807) is 0 Å². The Morgan fingerprint density at radius 3 is 2.28 bits per heavy atom. The molecule has 0 radical (unpaired) electrons. The normalized spacial score (nSPS) is 15.7. The minimum absolute atomic E-state index is 0.173. The first-order chi connectivity index (χ1) is 8.58. The molecule has 0 saturated heterocycles. The molecule has 5 nitrogen and oxygen atoms in total. The monoisotopic (exact) mass is 311 g/mol. The zero-order valence-electron chi connectivity index (χ0n) is 9.92. The number of hydrazine groups is 1. The van der Waals surface area contributed by atoms with E-state index in [2.05, 4.69) is 32.1 Å². The quantitative estimate of drug-likeness (QED) is 0.723. The van der Waals surface area contributed by atoms with Gasteiger partial charge in [-0.3, -0.25) is 10.2 Å². The maximum absolute atomic E-state index is 12.1. The standard InChI is InChI=1S/C12H14BrN3O2/c1-14-11(18)16-15-10(17)12(6-7-12)8-2-4-9(13)5-3-8/h2-5H,6-7H2,1H3,(H,15,17)(H2,14,16,18). The summed E-state index contributed by atoms with van der Waals surface area (Å²) in [7, 11) is 1.49. The molecule has 1 saturated carbocycles. The summed E-state index contributed by atoms with van der Waals surface area (Å²) < 4.78 is 0.978. The minimum Gasteiger partial charge on any atom is -0.340 e. The summed E-state index contributed by atoms with van der Waals surface area (Å²) in [6, 6.07) is 7.24. The van der Waals surface area contributed by atoms with Gasteiger partial charge in [-0.25, -0.2) is 10.2 Å². The van der Waals surface area contributed by atoms with Gasteiger partial charge in [-0.05, 0) is 30.5 Å². The molecule has 18 heavy (non-hydrogen) atoms. The molecule has 0 unspecified atom stereocenters. The molecule has 0 aromatic heterocycles. The average Bonchev–Trinajstić information content (AvgIpc) is 3.17. The van der Waals surface area contributed by atoms with Crippen LogP contribution in [0.3, 0.4) is 0 Å². The average molecular weight is 312 g/mol. The summed E-state index contributed by atoms with van der Waals surface area (Å²) >= 11 is 3.36. The summed E-state index contributed by atoms with van der Waals surface area (Å²) in [5.74, 6) is -0.173. The smallest absolute Gasteiger partial charge is 0.333 e. The van der Waals surface area contributed by atoms with Crippen molar-refractivity contribution in [1.29, 1.82) is 0 Å². The first kappa shape index (κ1) is 12.9. The second-order valence-electron chi connectivity index (χ2n) is 4.25. The molecule has 6 heteroatoms. The van der Waals surface area contributed by atoms with E-state index in [4.69, 9.17) is 0 Å². The molecular formula is C12H14BrN3O2. The molecule has 1 aromatic rings. The molecule has 2 rings (SSSR count). The highest BCUT2D eigenvalue weighted by Crippen LogP contribution is 2.48. The molecule has 3 N–H and O–H groups in total. The first-order valence-electron chi connectivity index (χ1n) is 5.63. The van der Waals surface area contributed by atoms with Gasteiger partial charge in [0.2, 0.25) is 5.91 Å². The Balaban J connectivity index is 2.05. The van der Waals surface area contributed by atoms with E-state index < -0.39 is 11.4 Å². The third-order valence-electron chi connectivity index (χ3n) is 3.10. The third-order valence-corrected chi connectivity index (χ3v) is 3.63. The fourth-order valence-corrected chi connectivity index (χ4v) is 2.10. The number of urea groups is 1. The number of nitrogens with one attached hydrogen (secondary N) is 3. The van der Waals surface area contributed by atoms with Crippen molar-refractivity contribution in [2.75, 3.05) is 7.05 Å². The van der Waals surface area contributed by atoms with Crippen molar-refractivity contribution < 1.29 is 9.59 Å². The van der Waals surface area contributed by atoms with E-state index in [0.717, 1.165) is 22.9 Å². The van der Waals surface area contributed by atoms with Gasteiger partial charge in [0.15, 0.2) is 0 Å². The third kappa shape index (κ3) is 2.48. The summed E-state index contributed by atoms with van der Waals surface area (Å²) in [5.41, 5.74) is 5.23. The highest BCUT2D eigenvalue weighted by molar-refractivity contribution is 9.10. The number of hydrogen-bond donors (Lipinski definition) is 3. The lowest BCUT2D eigenvalue weighted by Gasteiger charge is -2.16. The number of benzene rings is 1. The molecule has 1 aliphatic rings. The number of amides is 3. The highest BCUT2D eigenvalue weighted by atomic mass is 79.9. The Morgan fingerprint density at radius 1 is 1.17 bits per heavy atom. The second kappa shape index (κ2) is 4.97. The number of hydrogen-bond acceptors (Lipinski definition) is 2. The Hall–Kier alpha value is -1.56. The molecule has 0 spiro atoms. The number of halogens is 1. The van der Waals surface area contributed by atoms with Gasteiger partial charge in [0.1, 0.15) is 0 Å². The van der Waals surface area contributed by atoms with Crippen LogP contribution in [-0.2, 0) is 10.2 Å². The fourth-order valence-electron chi connectivity index (χ4n) is 1.84. The molecule has 1 aliphatic carbocycles. The molecule has 96 valence electrons. The van der Waals surface area contributed by atoms with Crippen LogP contribution >= 0.6 is 15.9 Å². The molecule has 0 bridgehead atoms. The van der Waals surface area contributed by atoms with Crippen LogP contribution in [0.25, 0.3) is 0 Å². The van der Waals surface area contributed by atoms with Crippen LogP contribution in [0, 0.1) is 0 Å². The van der Waals surface area contributed by atoms with Crippen molar-refractivity contribution in [3.8, 4) is 0 Å². The van der Waals surface area contributed by atoms with Gasteiger partial charge >= 0.3 is 6.03 Å². The van der Waals surface area contributed by atoms with Gasteiger partial charge < -0.3 is 5.32 Å². The lowest BCUT2D eigenvalue weighted by molar-refractivity contribution is -0.124. The van der Waals surface area contributed by atoms with Gasteiger partial charge in [0.05, 0.1) is 5.41 Å². The predicted molar refractivity (Wildman–Crippen MR) is 70.8 cm³/mol. The fraction of sp³-hybridized carbons (Fsp3) is 0.333. The number of rotatable bonds is 2. The van der Waals surface area contributed by atoms with Crippen molar-refractivity contribution in [3.05, 3.63) is 34.3 Å². The SMILES string of the molecule is CNC(=O)NNC(=O)C1(c2ccc(Br)cc2)CC1. The molecule has 0 heterocycles. The van der Waals surface area contributed by atoms with Gasteiger partial charge in [0, 0.05) is 11.5 Å². The van der Waals surface area contributed by atoms with Crippen LogP contribution in [0.2, 0.25) is 0 Å². The van der Waals surface area contributed by atoms with Crippen molar-refractivity contribution >= 4 is 27.9 Å². The van der Waals surface area contributed by atoms with Crippen LogP contribution in [-0.4, -0.2) is 19.0 Å². The van der Waals surface area contributed by atoms with Gasteiger partial charge in [0.25, 0.3) is 0 Å². The molecule has 0 atom stereocenters. The molecule has 3 amide bonds. The Bertz CT molecular complexity index is 469. The lowest BCUT2D eigenvalue weighted by atomic mass is 9.95. The topological polar surface area (TPSA) is 70.2 Å². The van der Waals surface area contributed by atoms with E-state index in [1.165, 1.54) is 7.05 Å². The predicted octanol–water partition coefficient (Wildman–Crippen LogP) is 1.44. The largest absolute Gasteiger partial charge is 0.340 e. The summed E-state index contributed by atoms with van der Waals surface area (Å²) in [6.07, 6.45) is 1.60. The van der Waals surface area contributed by atoms with Crippen molar-refractivity contribution in [3.63, 3.8) is 0 Å². The maximum Gasteiger partial charge on any atom is 0.333 e. The minimum atomic E-state index is -0.484. The van der Waals surface area contributed by atoms with E-state index in [9.17, 15) is 9.59 Å². The molecule has 1 aromatic carbocycles. The summed E-state index contributed by atoms with van der Waals surface area (Å²) in [6.45, 7) is 0. The van der Waals surface area contributed by atoms with E-state index >= 15 is 0 Å². The Morgan fingerprint density at radius 2 is 1.78 bits per heavy atom. The van der Waals surface area contributed by atoms with Gasteiger partial charge in [-0.1, -0.05) is 28.1 Å². The van der Waals surface area contributed by atoms with Gasteiger partial charge in [-0.15, -0.1) is 0 Å². The lowest BCUT2D eigenvalue weighted by Crippen LogP contribution is -2.49. The van der Waals surface area contributed by atoms with Crippen LogP contribution in [0.4, 0.5) is 4.79 Å². The zero-order valence-corrected chi connectivity index (χ0v) is 11.5. The molecular weight excluding hydrogens is 298 g/mol. The Kier molecular flexibility index (Phi) is 3.56. The van der Waals surface area contributed by atoms with Crippen LogP contribution in [0.5, 0.6) is 0 Å². The van der Waals surface area contributed by atoms with E-state index in [1.807, 2.05) is 24.3 Å². The summed E-state index contributed by atoms with van der Waals surface area (Å²) in [5, 5.41) is 2.37. The number of carbonyl (C=O) groups excluding carboxylic acids is 2. The van der Waals surface area contributed by atoms with E-state index in [0.29, 0.717) is 0 Å². The van der Waals surface area contributed by atoms with Crippen molar-refractivity contribution in [2.45, 2.75) is 18.3 Å². The second-order valence-corrected chi connectivity index (χ2v) is 5.16. The van der Waals surface area contributed by atoms with E-state index in [-0.39, 0.29) is 5.91 Å². The highest BCUT2D eigenvalue weighted by Gasteiger charge is 2.51. The van der Waals surface area contributed by atoms with Crippen LogP contribution in [0.15, 0.2) is 28.7 Å². The molecule has 0 aliphatic heterocycles. The van der Waals surface area contributed by atoms with Crippen LogP contribution < -0.4 is 16.2 Å². The van der Waals surface area contributed by atoms with Crippen molar-refractivity contribution in [1.82, 2.24) is 16.2 Å². The van der Waals surface area contributed by atoms with Gasteiger partial charge in [-0.2, -0.15) is 0 Å². The Labute approximate surface area is 113 Å². The first-order valence-corrected chi connectivity index (χ1v) is 6.42. The van der Waals surface area contributed by atoms with Crippen LogP contribution in [0.1, 0.15) is 18.4 Å². The zero-order chi connectivity index (χ0) is 13.2. The number of carbonyl (C=O) groups is 2.